The number of carbonyl (C=O) groups is 1. The molecule has 1 N–H and O–H groups in total. The first-order chi connectivity index (χ1) is 12.7. The summed E-state index contributed by atoms with van der Waals surface area (Å²) in [5, 5.41) is 7.84. The van der Waals surface area contributed by atoms with E-state index in [-0.39, 0.29) is 5.91 Å². The van der Waals surface area contributed by atoms with Crippen LogP contribution in [0.15, 0.2) is 48.7 Å². The number of benzene rings is 1. The van der Waals surface area contributed by atoms with Crippen LogP contribution < -0.4 is 10.1 Å². The van der Waals surface area contributed by atoms with E-state index in [0.717, 1.165) is 11.4 Å². The number of ether oxygens (including phenoxy) is 1. The summed E-state index contributed by atoms with van der Waals surface area (Å²) < 4.78 is 7.56. The minimum atomic E-state index is -1.07. The number of halogens is 1. The molecule has 0 fully saturated rings. The van der Waals surface area contributed by atoms with E-state index in [4.69, 9.17) is 16.3 Å². The van der Waals surface area contributed by atoms with Crippen LogP contribution in [0.25, 0.3) is 5.82 Å². The van der Waals surface area contributed by atoms with Gasteiger partial charge in [0, 0.05) is 10.7 Å². The third-order valence-corrected chi connectivity index (χ3v) is 4.22. The predicted octanol–water partition coefficient (Wildman–Crippen LogP) is 4.33. The number of amides is 1. The Morgan fingerprint density at radius 1 is 1.15 bits per heavy atom. The Hall–Kier alpha value is -2.86. The predicted molar refractivity (Wildman–Crippen MR) is 106 cm³/mol. The molecule has 1 amide bonds. The number of pyridine rings is 1. The first kappa shape index (κ1) is 18.9. The lowest BCUT2D eigenvalue weighted by molar-refractivity contribution is -0.128. The molecule has 0 aliphatic rings. The summed E-state index contributed by atoms with van der Waals surface area (Å²) in [7, 11) is 0. The van der Waals surface area contributed by atoms with Crippen molar-refractivity contribution in [2.75, 3.05) is 5.32 Å². The van der Waals surface area contributed by atoms with Crippen molar-refractivity contribution in [2.24, 2.45) is 0 Å². The Bertz CT molecular complexity index is 947. The van der Waals surface area contributed by atoms with Crippen LogP contribution in [0.5, 0.6) is 5.75 Å². The molecule has 3 rings (SSSR count). The third-order valence-electron chi connectivity index (χ3n) is 3.97. The van der Waals surface area contributed by atoms with E-state index >= 15 is 0 Å². The zero-order valence-electron chi connectivity index (χ0n) is 15.7. The highest BCUT2D eigenvalue weighted by Gasteiger charge is 2.30. The molecule has 0 aliphatic heterocycles. The molecule has 0 atom stereocenters. The number of carbonyl (C=O) groups excluding carboxylic acids is 1. The highest BCUT2D eigenvalue weighted by atomic mass is 35.5. The molecule has 0 aliphatic carbocycles. The molecule has 2 heterocycles. The van der Waals surface area contributed by atoms with E-state index in [1.165, 1.54) is 0 Å². The molecule has 0 bridgehead atoms. The lowest BCUT2D eigenvalue weighted by Crippen LogP contribution is -2.42. The molecule has 0 unspecified atom stereocenters. The third kappa shape index (κ3) is 4.46. The first-order valence-corrected chi connectivity index (χ1v) is 8.88. The van der Waals surface area contributed by atoms with E-state index < -0.39 is 5.60 Å². The number of anilines is 1. The molecule has 0 radical (unpaired) electrons. The Morgan fingerprint density at radius 3 is 2.41 bits per heavy atom. The van der Waals surface area contributed by atoms with Crippen molar-refractivity contribution < 1.29 is 9.53 Å². The van der Waals surface area contributed by atoms with Gasteiger partial charge in [0.2, 0.25) is 0 Å². The monoisotopic (exact) mass is 384 g/mol. The Kier molecular flexibility index (Phi) is 5.19. The van der Waals surface area contributed by atoms with Crippen LogP contribution in [0, 0.1) is 13.8 Å². The van der Waals surface area contributed by atoms with Crippen LogP contribution >= 0.6 is 11.6 Å². The summed E-state index contributed by atoms with van der Waals surface area (Å²) in [6.07, 6.45) is 1.60. The van der Waals surface area contributed by atoms with Crippen LogP contribution in [0.2, 0.25) is 5.02 Å². The summed E-state index contributed by atoms with van der Waals surface area (Å²) in [5.74, 6) is 0.978. The van der Waals surface area contributed by atoms with Crippen molar-refractivity contribution in [3.8, 4) is 11.6 Å². The lowest BCUT2D eigenvalue weighted by atomic mass is 10.1. The fourth-order valence-corrected chi connectivity index (χ4v) is 2.70. The maximum absolute atomic E-state index is 12.6. The van der Waals surface area contributed by atoms with Crippen molar-refractivity contribution in [2.45, 2.75) is 33.3 Å². The summed E-state index contributed by atoms with van der Waals surface area (Å²) in [6.45, 7) is 7.30. The molecule has 7 heteroatoms. The molecule has 0 spiro atoms. The number of nitrogens with zero attached hydrogens (tertiary/aromatic N) is 3. The van der Waals surface area contributed by atoms with Gasteiger partial charge in [0.05, 0.1) is 17.6 Å². The Morgan fingerprint density at radius 2 is 1.85 bits per heavy atom. The van der Waals surface area contributed by atoms with Gasteiger partial charge in [0.1, 0.15) is 5.75 Å². The van der Waals surface area contributed by atoms with Crippen molar-refractivity contribution in [3.05, 3.63) is 65.1 Å². The average Bonchev–Trinajstić information content (AvgIpc) is 2.96. The van der Waals surface area contributed by atoms with Gasteiger partial charge in [-0.05, 0) is 70.2 Å². The average molecular weight is 385 g/mol. The summed E-state index contributed by atoms with van der Waals surface area (Å²) >= 11 is 5.87. The molecular formula is C20H21ClN4O2. The quantitative estimate of drug-likeness (QED) is 0.710. The van der Waals surface area contributed by atoms with Crippen molar-refractivity contribution in [3.63, 3.8) is 0 Å². The van der Waals surface area contributed by atoms with Gasteiger partial charge in [-0.15, -0.1) is 0 Å². The molecule has 27 heavy (non-hydrogen) atoms. The van der Waals surface area contributed by atoms with Gasteiger partial charge in [0.15, 0.2) is 11.4 Å². The van der Waals surface area contributed by atoms with Crippen LogP contribution in [0.1, 0.15) is 25.2 Å². The molecule has 6 nitrogen and oxygen atoms in total. The minimum absolute atomic E-state index is 0.280. The highest BCUT2D eigenvalue weighted by Crippen LogP contribution is 2.22. The number of nitrogens with one attached hydrogen (secondary N) is 1. The SMILES string of the molecule is Cc1cc(C)n(-c2ccc(NC(=O)C(C)(C)Oc3ccc(Cl)cc3)cn2)n1. The fraction of sp³-hybridized carbons (Fsp3) is 0.250. The lowest BCUT2D eigenvalue weighted by Gasteiger charge is -2.25. The van der Waals surface area contributed by atoms with Crippen molar-refractivity contribution >= 4 is 23.2 Å². The summed E-state index contributed by atoms with van der Waals surface area (Å²) in [5.41, 5.74) is 1.43. The Labute approximate surface area is 163 Å². The van der Waals surface area contributed by atoms with Gasteiger partial charge < -0.3 is 10.1 Å². The summed E-state index contributed by atoms with van der Waals surface area (Å²) in [4.78, 5) is 17.0. The number of rotatable bonds is 5. The van der Waals surface area contributed by atoms with E-state index in [1.54, 1.807) is 55.1 Å². The van der Waals surface area contributed by atoms with E-state index in [0.29, 0.717) is 22.3 Å². The zero-order chi connectivity index (χ0) is 19.6. The molecule has 0 saturated heterocycles. The smallest absolute Gasteiger partial charge is 0.268 e. The van der Waals surface area contributed by atoms with Crippen LogP contribution in [0.4, 0.5) is 5.69 Å². The van der Waals surface area contributed by atoms with E-state index in [9.17, 15) is 4.79 Å². The standard InChI is InChI=1S/C20H21ClN4O2/c1-13-11-14(2)25(24-13)18-10-7-16(12-22-18)23-19(26)20(3,4)27-17-8-5-15(21)6-9-17/h5-12H,1-4H3,(H,23,26). The maximum Gasteiger partial charge on any atom is 0.268 e. The largest absolute Gasteiger partial charge is 0.478 e. The second-order valence-corrected chi connectivity index (χ2v) is 7.20. The normalized spacial score (nSPS) is 11.3. The second-order valence-electron chi connectivity index (χ2n) is 6.76. The molecule has 140 valence electrons. The number of hydrogen-bond acceptors (Lipinski definition) is 4. The van der Waals surface area contributed by atoms with Crippen molar-refractivity contribution in [1.82, 2.24) is 14.8 Å². The van der Waals surface area contributed by atoms with Gasteiger partial charge >= 0.3 is 0 Å². The molecule has 2 aromatic heterocycles. The minimum Gasteiger partial charge on any atom is -0.478 e. The molecule has 0 saturated carbocycles. The first-order valence-electron chi connectivity index (χ1n) is 8.50. The van der Waals surface area contributed by atoms with Gasteiger partial charge in [-0.2, -0.15) is 5.10 Å². The maximum atomic E-state index is 12.6. The second kappa shape index (κ2) is 7.40. The molecule has 1 aromatic carbocycles. The molecular weight excluding hydrogens is 364 g/mol. The summed E-state index contributed by atoms with van der Waals surface area (Å²) in [6, 6.07) is 12.5. The van der Waals surface area contributed by atoms with Crippen molar-refractivity contribution in [1.29, 1.82) is 0 Å². The number of hydrogen-bond donors (Lipinski definition) is 1. The van der Waals surface area contributed by atoms with E-state index in [2.05, 4.69) is 15.4 Å². The van der Waals surface area contributed by atoms with E-state index in [1.807, 2.05) is 26.0 Å². The number of aryl methyl sites for hydroxylation is 2. The number of aromatic nitrogens is 3. The van der Waals surface area contributed by atoms with Gasteiger partial charge in [-0.1, -0.05) is 11.6 Å². The van der Waals surface area contributed by atoms with Gasteiger partial charge in [-0.25, -0.2) is 9.67 Å². The van der Waals surface area contributed by atoms with Gasteiger partial charge in [-0.3, -0.25) is 4.79 Å². The highest BCUT2D eigenvalue weighted by molar-refractivity contribution is 6.30. The Balaban J connectivity index is 1.69. The van der Waals surface area contributed by atoms with Gasteiger partial charge in [0.25, 0.3) is 5.91 Å². The zero-order valence-corrected chi connectivity index (χ0v) is 16.4. The van der Waals surface area contributed by atoms with Crippen LogP contribution in [-0.4, -0.2) is 26.3 Å². The molecule has 3 aromatic rings. The van der Waals surface area contributed by atoms with Crippen LogP contribution in [0.3, 0.4) is 0 Å². The fourth-order valence-electron chi connectivity index (χ4n) is 2.57. The van der Waals surface area contributed by atoms with Crippen LogP contribution in [-0.2, 0) is 4.79 Å². The topological polar surface area (TPSA) is 69.0 Å².